The summed E-state index contributed by atoms with van der Waals surface area (Å²) < 4.78 is 10.7. The standard InChI is InChI=1S/C29H35N3O7/c1-28(2,3)39-27(37)31-29(25(34)35)13-16-32(17-14-29)24(33)12-15-30-26(36)38-18-23-21-10-6-4-8-19(21)20-9-5-7-11-22(20)23/h4-11,23H,12-18H2,1-3H3,(H,30,36)(H,31,37)(H,34,35). The number of carboxylic acids is 1. The van der Waals surface area contributed by atoms with Crippen LogP contribution in [0.25, 0.3) is 11.1 Å². The molecule has 0 bridgehead atoms. The number of nitrogens with zero attached hydrogens (tertiary/aromatic N) is 1. The molecule has 208 valence electrons. The number of hydrogen-bond donors (Lipinski definition) is 3. The van der Waals surface area contributed by atoms with E-state index in [1.165, 1.54) is 4.90 Å². The van der Waals surface area contributed by atoms with Gasteiger partial charge in [0.1, 0.15) is 17.7 Å². The number of nitrogens with one attached hydrogen (secondary N) is 2. The number of ether oxygens (including phenoxy) is 2. The van der Waals surface area contributed by atoms with E-state index in [0.717, 1.165) is 22.3 Å². The molecule has 0 aromatic heterocycles. The molecule has 10 nitrogen and oxygen atoms in total. The first kappa shape index (κ1) is 27.9. The maximum absolute atomic E-state index is 12.7. The molecular weight excluding hydrogens is 502 g/mol. The number of carbonyl (C=O) groups excluding carboxylic acids is 3. The fourth-order valence-corrected chi connectivity index (χ4v) is 5.11. The summed E-state index contributed by atoms with van der Waals surface area (Å²) in [5, 5.41) is 14.9. The molecular formula is C29H35N3O7. The quantitative estimate of drug-likeness (QED) is 0.488. The molecule has 1 heterocycles. The number of carbonyl (C=O) groups is 4. The zero-order valence-corrected chi connectivity index (χ0v) is 22.5. The second-order valence-electron chi connectivity index (χ2n) is 10.9. The Morgan fingerprint density at radius 1 is 0.949 bits per heavy atom. The van der Waals surface area contributed by atoms with Gasteiger partial charge in [0.15, 0.2) is 0 Å². The highest BCUT2D eigenvalue weighted by atomic mass is 16.6. The Hall–Kier alpha value is -4.08. The van der Waals surface area contributed by atoms with Crippen molar-refractivity contribution in [2.75, 3.05) is 26.2 Å². The zero-order chi connectivity index (χ0) is 28.2. The summed E-state index contributed by atoms with van der Waals surface area (Å²) in [5.41, 5.74) is 2.25. The van der Waals surface area contributed by atoms with Crippen molar-refractivity contribution in [3.05, 3.63) is 59.7 Å². The van der Waals surface area contributed by atoms with Crippen LogP contribution in [-0.4, -0.2) is 71.5 Å². The predicted octanol–water partition coefficient (Wildman–Crippen LogP) is 3.89. The molecule has 1 aliphatic carbocycles. The number of hydrogen-bond acceptors (Lipinski definition) is 6. The molecule has 4 rings (SSSR count). The lowest BCUT2D eigenvalue weighted by Gasteiger charge is -2.39. The van der Waals surface area contributed by atoms with Crippen LogP contribution < -0.4 is 10.6 Å². The van der Waals surface area contributed by atoms with Crippen LogP contribution in [0, 0.1) is 0 Å². The molecule has 0 unspecified atom stereocenters. The Balaban J connectivity index is 1.22. The van der Waals surface area contributed by atoms with Gasteiger partial charge in [0.2, 0.25) is 5.91 Å². The number of likely N-dealkylation sites (tertiary alicyclic amines) is 1. The van der Waals surface area contributed by atoms with Crippen LogP contribution >= 0.6 is 0 Å². The third-order valence-corrected chi connectivity index (χ3v) is 7.07. The van der Waals surface area contributed by atoms with Gasteiger partial charge in [-0.15, -0.1) is 0 Å². The number of amides is 3. The van der Waals surface area contributed by atoms with Gasteiger partial charge in [-0.1, -0.05) is 48.5 Å². The molecule has 1 saturated heterocycles. The Morgan fingerprint density at radius 2 is 1.51 bits per heavy atom. The normalized spacial score (nSPS) is 16.0. The topological polar surface area (TPSA) is 134 Å². The lowest BCUT2D eigenvalue weighted by Crippen LogP contribution is -2.61. The second kappa shape index (κ2) is 11.3. The van der Waals surface area contributed by atoms with E-state index in [1.807, 2.05) is 36.4 Å². The summed E-state index contributed by atoms with van der Waals surface area (Å²) in [6.45, 7) is 5.67. The molecule has 3 N–H and O–H groups in total. The van der Waals surface area contributed by atoms with Crippen LogP contribution in [0.3, 0.4) is 0 Å². The highest BCUT2D eigenvalue weighted by molar-refractivity contribution is 5.85. The fourth-order valence-electron chi connectivity index (χ4n) is 5.11. The number of fused-ring (bicyclic) bond motifs is 3. The van der Waals surface area contributed by atoms with Gasteiger partial charge in [0.25, 0.3) is 0 Å². The van der Waals surface area contributed by atoms with Gasteiger partial charge in [-0.25, -0.2) is 14.4 Å². The monoisotopic (exact) mass is 537 g/mol. The van der Waals surface area contributed by atoms with E-state index in [4.69, 9.17) is 9.47 Å². The van der Waals surface area contributed by atoms with Crippen LogP contribution in [0.4, 0.5) is 9.59 Å². The first-order valence-electron chi connectivity index (χ1n) is 13.1. The van der Waals surface area contributed by atoms with Gasteiger partial charge in [0.05, 0.1) is 0 Å². The van der Waals surface area contributed by atoms with Gasteiger partial charge >= 0.3 is 18.2 Å². The van der Waals surface area contributed by atoms with Gasteiger partial charge in [0, 0.05) is 32.0 Å². The Morgan fingerprint density at radius 3 is 2.05 bits per heavy atom. The summed E-state index contributed by atoms with van der Waals surface area (Å²) in [7, 11) is 0. The SMILES string of the molecule is CC(C)(C)OC(=O)NC1(C(=O)O)CCN(C(=O)CCNC(=O)OCC2c3ccccc3-c3ccccc32)CC1. The third kappa shape index (κ3) is 6.50. The lowest BCUT2D eigenvalue weighted by atomic mass is 9.87. The number of rotatable bonds is 7. The highest BCUT2D eigenvalue weighted by Crippen LogP contribution is 2.44. The first-order valence-corrected chi connectivity index (χ1v) is 13.1. The Kier molecular flexibility index (Phi) is 8.13. The van der Waals surface area contributed by atoms with Crippen LogP contribution in [0.2, 0.25) is 0 Å². The third-order valence-electron chi connectivity index (χ3n) is 7.07. The van der Waals surface area contributed by atoms with E-state index in [-0.39, 0.29) is 57.3 Å². The average molecular weight is 538 g/mol. The molecule has 0 saturated carbocycles. The molecule has 39 heavy (non-hydrogen) atoms. The number of aliphatic carboxylic acids is 1. The summed E-state index contributed by atoms with van der Waals surface area (Å²) in [6, 6.07) is 16.1. The van der Waals surface area contributed by atoms with E-state index in [0.29, 0.717) is 0 Å². The number of carboxylic acid groups (broad SMARTS) is 1. The fraction of sp³-hybridized carbons (Fsp3) is 0.448. The summed E-state index contributed by atoms with van der Waals surface area (Å²) in [5.74, 6) is -1.44. The van der Waals surface area contributed by atoms with E-state index in [1.54, 1.807) is 20.8 Å². The minimum atomic E-state index is -1.50. The number of piperidine rings is 1. The van der Waals surface area contributed by atoms with Gasteiger partial charge < -0.3 is 30.1 Å². The van der Waals surface area contributed by atoms with Crippen molar-refractivity contribution in [1.29, 1.82) is 0 Å². The van der Waals surface area contributed by atoms with Crippen molar-refractivity contribution in [2.45, 2.75) is 57.1 Å². The number of benzene rings is 2. The smallest absolute Gasteiger partial charge is 0.408 e. The lowest BCUT2D eigenvalue weighted by molar-refractivity contribution is -0.149. The van der Waals surface area contributed by atoms with E-state index in [9.17, 15) is 24.3 Å². The predicted molar refractivity (Wildman–Crippen MR) is 143 cm³/mol. The minimum Gasteiger partial charge on any atom is -0.480 e. The molecule has 2 aromatic rings. The largest absolute Gasteiger partial charge is 0.480 e. The second-order valence-corrected chi connectivity index (χ2v) is 10.9. The van der Waals surface area contributed by atoms with Crippen molar-refractivity contribution in [1.82, 2.24) is 15.5 Å². The van der Waals surface area contributed by atoms with Crippen LogP contribution in [0.5, 0.6) is 0 Å². The minimum absolute atomic E-state index is 0.0454. The summed E-state index contributed by atoms with van der Waals surface area (Å²) in [4.78, 5) is 50.7. The molecule has 1 fully saturated rings. The maximum atomic E-state index is 12.7. The van der Waals surface area contributed by atoms with Gasteiger partial charge in [-0.2, -0.15) is 0 Å². The molecule has 0 radical (unpaired) electrons. The molecule has 2 aliphatic rings. The van der Waals surface area contributed by atoms with Crippen molar-refractivity contribution in [2.24, 2.45) is 0 Å². The van der Waals surface area contributed by atoms with E-state index in [2.05, 4.69) is 22.8 Å². The Bertz CT molecular complexity index is 1200. The van der Waals surface area contributed by atoms with Gasteiger partial charge in [-0.3, -0.25) is 4.79 Å². The van der Waals surface area contributed by atoms with E-state index < -0.39 is 29.3 Å². The molecule has 0 atom stereocenters. The van der Waals surface area contributed by atoms with Crippen molar-refractivity contribution < 1.29 is 33.8 Å². The zero-order valence-electron chi connectivity index (χ0n) is 22.5. The van der Waals surface area contributed by atoms with Crippen molar-refractivity contribution in [3.63, 3.8) is 0 Å². The maximum Gasteiger partial charge on any atom is 0.408 e. The summed E-state index contributed by atoms with van der Waals surface area (Å²) >= 11 is 0. The van der Waals surface area contributed by atoms with E-state index >= 15 is 0 Å². The molecule has 0 spiro atoms. The molecule has 2 aromatic carbocycles. The molecule has 10 heteroatoms. The summed E-state index contributed by atoms with van der Waals surface area (Å²) in [6.07, 6.45) is -1.27. The first-order chi connectivity index (χ1) is 18.5. The van der Waals surface area contributed by atoms with Crippen LogP contribution in [0.15, 0.2) is 48.5 Å². The van der Waals surface area contributed by atoms with Gasteiger partial charge in [-0.05, 0) is 55.9 Å². The van der Waals surface area contributed by atoms with Crippen molar-refractivity contribution in [3.8, 4) is 11.1 Å². The average Bonchev–Trinajstić information content (AvgIpc) is 3.20. The van der Waals surface area contributed by atoms with Crippen LogP contribution in [-0.2, 0) is 19.1 Å². The number of alkyl carbamates (subject to hydrolysis) is 2. The molecule has 1 aliphatic heterocycles. The highest BCUT2D eigenvalue weighted by Gasteiger charge is 2.44. The van der Waals surface area contributed by atoms with Crippen LogP contribution in [0.1, 0.15) is 57.1 Å². The van der Waals surface area contributed by atoms with Crippen molar-refractivity contribution >= 4 is 24.1 Å². The Labute approximate surface area is 227 Å². The molecule has 3 amide bonds.